The molecule has 96 valence electrons. The zero-order valence-corrected chi connectivity index (χ0v) is 10.7. The van der Waals surface area contributed by atoms with Crippen LogP contribution in [0.15, 0.2) is 4.52 Å². The van der Waals surface area contributed by atoms with Gasteiger partial charge in [0, 0.05) is 0 Å². The smallest absolute Gasteiger partial charge is 0.240 e. The number of hydrogen-bond donors (Lipinski definition) is 1. The van der Waals surface area contributed by atoms with Crippen molar-refractivity contribution in [2.24, 2.45) is 17.6 Å². The van der Waals surface area contributed by atoms with Crippen molar-refractivity contribution in [3.63, 3.8) is 0 Å². The lowest BCUT2D eigenvalue weighted by Crippen LogP contribution is -2.35. The van der Waals surface area contributed by atoms with Crippen LogP contribution in [0, 0.1) is 11.8 Å². The molecule has 5 heteroatoms. The average Bonchev–Trinajstić information content (AvgIpc) is 2.77. The Morgan fingerprint density at radius 2 is 2.12 bits per heavy atom. The van der Waals surface area contributed by atoms with Gasteiger partial charge in [0.25, 0.3) is 0 Å². The topological polar surface area (TPSA) is 68.2 Å². The molecule has 0 unspecified atom stereocenters. The third kappa shape index (κ3) is 3.26. The van der Waals surface area contributed by atoms with Gasteiger partial charge in [-0.05, 0) is 37.8 Å². The van der Waals surface area contributed by atoms with Gasteiger partial charge >= 0.3 is 0 Å². The fourth-order valence-corrected chi connectivity index (χ4v) is 2.41. The molecule has 0 bridgehead atoms. The molecule has 1 fully saturated rings. The van der Waals surface area contributed by atoms with Gasteiger partial charge in [0.1, 0.15) is 0 Å². The van der Waals surface area contributed by atoms with Crippen LogP contribution in [0.5, 0.6) is 0 Å². The van der Waals surface area contributed by atoms with Crippen molar-refractivity contribution in [3.05, 3.63) is 11.7 Å². The predicted octanol–water partition coefficient (Wildman–Crippen LogP) is 1.40. The Hall–Kier alpha value is -0.940. The number of nitrogens with two attached hydrogens (primary N) is 1. The predicted molar refractivity (Wildman–Crippen MR) is 65.0 cm³/mol. The second-order valence-corrected chi connectivity index (χ2v) is 5.17. The van der Waals surface area contributed by atoms with E-state index in [9.17, 15) is 0 Å². The second kappa shape index (κ2) is 5.60. The van der Waals surface area contributed by atoms with E-state index in [2.05, 4.69) is 28.9 Å². The Bertz CT molecular complexity index is 342. The largest absolute Gasteiger partial charge is 0.338 e. The summed E-state index contributed by atoms with van der Waals surface area (Å²) in [6.07, 6.45) is 2.55. The normalized spacial score (nSPS) is 19.1. The SMILES string of the molecule is CC(C)C1CCN(Cc2noc(CN)n2)CC1. The molecular formula is C12H22N4O. The third-order valence-electron chi connectivity index (χ3n) is 3.62. The molecule has 1 aromatic rings. The Balaban J connectivity index is 1.81. The van der Waals surface area contributed by atoms with Crippen molar-refractivity contribution < 1.29 is 4.52 Å². The fourth-order valence-electron chi connectivity index (χ4n) is 2.41. The maximum atomic E-state index is 5.44. The average molecular weight is 238 g/mol. The molecule has 2 heterocycles. The van der Waals surface area contributed by atoms with Crippen molar-refractivity contribution in [1.29, 1.82) is 0 Å². The summed E-state index contributed by atoms with van der Waals surface area (Å²) in [4.78, 5) is 6.63. The van der Waals surface area contributed by atoms with Crippen molar-refractivity contribution in [2.75, 3.05) is 13.1 Å². The van der Waals surface area contributed by atoms with Crippen LogP contribution in [0.4, 0.5) is 0 Å². The molecule has 0 amide bonds. The zero-order chi connectivity index (χ0) is 12.3. The van der Waals surface area contributed by atoms with Crippen molar-refractivity contribution >= 4 is 0 Å². The minimum Gasteiger partial charge on any atom is -0.338 e. The first-order chi connectivity index (χ1) is 8.19. The van der Waals surface area contributed by atoms with E-state index in [0.717, 1.165) is 37.3 Å². The number of nitrogens with zero attached hydrogens (tertiary/aromatic N) is 3. The maximum absolute atomic E-state index is 5.44. The molecule has 2 rings (SSSR count). The van der Waals surface area contributed by atoms with Crippen LogP contribution in [0.25, 0.3) is 0 Å². The summed E-state index contributed by atoms with van der Waals surface area (Å²) >= 11 is 0. The molecule has 0 spiro atoms. The van der Waals surface area contributed by atoms with E-state index < -0.39 is 0 Å². The third-order valence-corrected chi connectivity index (χ3v) is 3.62. The summed E-state index contributed by atoms with van der Waals surface area (Å²) in [5.74, 6) is 2.95. The van der Waals surface area contributed by atoms with Gasteiger partial charge in [0.15, 0.2) is 5.82 Å². The van der Waals surface area contributed by atoms with Crippen molar-refractivity contribution in [2.45, 2.75) is 39.8 Å². The number of rotatable bonds is 4. The Labute approximate surface area is 102 Å². The van der Waals surface area contributed by atoms with E-state index in [0.29, 0.717) is 12.4 Å². The van der Waals surface area contributed by atoms with Gasteiger partial charge in [0.05, 0.1) is 13.1 Å². The van der Waals surface area contributed by atoms with Crippen LogP contribution in [-0.4, -0.2) is 28.1 Å². The molecule has 0 saturated carbocycles. The summed E-state index contributed by atoms with van der Waals surface area (Å²) in [6, 6.07) is 0. The highest BCUT2D eigenvalue weighted by atomic mass is 16.5. The lowest BCUT2D eigenvalue weighted by atomic mass is 9.87. The van der Waals surface area contributed by atoms with Crippen LogP contribution in [0.3, 0.4) is 0 Å². The molecule has 17 heavy (non-hydrogen) atoms. The van der Waals surface area contributed by atoms with E-state index in [1.165, 1.54) is 12.8 Å². The van der Waals surface area contributed by atoms with Gasteiger partial charge in [-0.25, -0.2) is 0 Å². The van der Waals surface area contributed by atoms with Crippen LogP contribution >= 0.6 is 0 Å². The van der Waals surface area contributed by atoms with Crippen LogP contribution in [0.2, 0.25) is 0 Å². The van der Waals surface area contributed by atoms with E-state index in [4.69, 9.17) is 10.3 Å². The molecule has 1 aliphatic rings. The van der Waals surface area contributed by atoms with Gasteiger partial charge in [-0.2, -0.15) is 4.98 Å². The van der Waals surface area contributed by atoms with Gasteiger partial charge in [0.2, 0.25) is 5.89 Å². The fraction of sp³-hybridized carbons (Fsp3) is 0.833. The highest BCUT2D eigenvalue weighted by Crippen LogP contribution is 2.24. The highest BCUT2D eigenvalue weighted by Gasteiger charge is 2.22. The van der Waals surface area contributed by atoms with E-state index >= 15 is 0 Å². The summed E-state index contributed by atoms with van der Waals surface area (Å²) in [7, 11) is 0. The first-order valence-corrected chi connectivity index (χ1v) is 6.43. The number of likely N-dealkylation sites (tertiary alicyclic amines) is 1. The molecular weight excluding hydrogens is 216 g/mol. The van der Waals surface area contributed by atoms with Gasteiger partial charge in [-0.3, -0.25) is 4.90 Å². The molecule has 0 aliphatic carbocycles. The number of piperidine rings is 1. The first-order valence-electron chi connectivity index (χ1n) is 6.43. The zero-order valence-electron chi connectivity index (χ0n) is 10.7. The number of hydrogen-bond acceptors (Lipinski definition) is 5. The van der Waals surface area contributed by atoms with E-state index in [-0.39, 0.29) is 0 Å². The quantitative estimate of drug-likeness (QED) is 0.858. The minimum absolute atomic E-state index is 0.322. The van der Waals surface area contributed by atoms with Crippen molar-refractivity contribution in [3.8, 4) is 0 Å². The van der Waals surface area contributed by atoms with Crippen molar-refractivity contribution in [1.82, 2.24) is 15.0 Å². The second-order valence-electron chi connectivity index (χ2n) is 5.17. The maximum Gasteiger partial charge on any atom is 0.240 e. The van der Waals surface area contributed by atoms with Crippen LogP contribution in [-0.2, 0) is 13.1 Å². The summed E-state index contributed by atoms with van der Waals surface area (Å²) in [5.41, 5.74) is 5.44. The summed E-state index contributed by atoms with van der Waals surface area (Å²) < 4.78 is 5.00. The molecule has 0 radical (unpaired) electrons. The Kier molecular flexibility index (Phi) is 4.12. The molecule has 0 aromatic carbocycles. The molecule has 1 saturated heterocycles. The van der Waals surface area contributed by atoms with Gasteiger partial charge in [-0.15, -0.1) is 0 Å². The summed E-state index contributed by atoms with van der Waals surface area (Å²) in [5, 5.41) is 3.93. The highest BCUT2D eigenvalue weighted by molar-refractivity contribution is 4.87. The van der Waals surface area contributed by atoms with Gasteiger partial charge in [-0.1, -0.05) is 19.0 Å². The molecule has 1 aromatic heterocycles. The lowest BCUT2D eigenvalue weighted by Gasteiger charge is -2.33. The Morgan fingerprint density at radius 1 is 1.41 bits per heavy atom. The van der Waals surface area contributed by atoms with E-state index in [1.807, 2.05) is 0 Å². The summed E-state index contributed by atoms with van der Waals surface area (Å²) in [6.45, 7) is 8.00. The first kappa shape index (κ1) is 12.5. The standard InChI is InChI=1S/C12H22N4O/c1-9(2)10-3-5-16(6-4-10)8-11-14-12(7-13)17-15-11/h9-10H,3-8,13H2,1-2H3. The molecule has 2 N–H and O–H groups in total. The van der Waals surface area contributed by atoms with Gasteiger partial charge < -0.3 is 10.3 Å². The van der Waals surface area contributed by atoms with E-state index in [1.54, 1.807) is 0 Å². The van der Waals surface area contributed by atoms with Crippen LogP contribution in [0.1, 0.15) is 38.4 Å². The molecule has 0 atom stereocenters. The molecule has 5 nitrogen and oxygen atoms in total. The molecule has 1 aliphatic heterocycles. The monoisotopic (exact) mass is 238 g/mol. The number of aromatic nitrogens is 2. The minimum atomic E-state index is 0.322. The Morgan fingerprint density at radius 3 is 2.65 bits per heavy atom. The lowest BCUT2D eigenvalue weighted by molar-refractivity contribution is 0.148. The van der Waals surface area contributed by atoms with Crippen LogP contribution < -0.4 is 5.73 Å².